The van der Waals surface area contributed by atoms with E-state index in [1.54, 1.807) is 14.2 Å². The first-order valence-electron chi connectivity index (χ1n) is 10.4. The second-order valence-electron chi connectivity index (χ2n) is 7.90. The van der Waals surface area contributed by atoms with E-state index in [4.69, 9.17) is 25.8 Å². The van der Waals surface area contributed by atoms with Crippen LogP contribution in [0, 0.1) is 6.92 Å². The first-order valence-corrected chi connectivity index (χ1v) is 11.6. The number of methoxy groups -OCH3 is 2. The number of halogens is 1. The molecule has 1 N–H and O–H groups in total. The zero-order chi connectivity index (χ0) is 22.7. The molecule has 0 radical (unpaired) electrons. The van der Waals surface area contributed by atoms with Crippen LogP contribution in [0.1, 0.15) is 39.5 Å². The lowest BCUT2D eigenvalue weighted by molar-refractivity contribution is 0.0487. The maximum Gasteiger partial charge on any atom is 0.261 e. The van der Waals surface area contributed by atoms with Crippen LogP contribution in [-0.4, -0.2) is 49.9 Å². The Kier molecular flexibility index (Phi) is 6.95. The van der Waals surface area contributed by atoms with Crippen LogP contribution in [-0.2, 0) is 21.5 Å². The highest BCUT2D eigenvalue weighted by atomic mass is 35.5. The number of rotatable bonds is 7. The summed E-state index contributed by atoms with van der Waals surface area (Å²) in [6.45, 7) is 3.98. The number of carbonyl (C=O) groups is 1. The van der Waals surface area contributed by atoms with Crippen molar-refractivity contribution < 1.29 is 19.0 Å². The highest BCUT2D eigenvalue weighted by molar-refractivity contribution is 7.20. The van der Waals surface area contributed by atoms with Crippen molar-refractivity contribution in [3.63, 3.8) is 0 Å². The van der Waals surface area contributed by atoms with Gasteiger partial charge >= 0.3 is 0 Å². The molecule has 4 rings (SSSR count). The van der Waals surface area contributed by atoms with Crippen LogP contribution in [0.2, 0.25) is 5.02 Å². The minimum Gasteiger partial charge on any atom is -0.480 e. The van der Waals surface area contributed by atoms with Crippen LogP contribution >= 0.6 is 22.9 Å². The summed E-state index contributed by atoms with van der Waals surface area (Å²) in [5, 5.41) is 4.62. The number of carbonyl (C=O) groups excluding carboxylic acids is 1. The molecular weight excluding hydrogens is 450 g/mol. The number of hydrogen-bond acceptors (Lipinski definition) is 7. The zero-order valence-corrected chi connectivity index (χ0v) is 19.9. The van der Waals surface area contributed by atoms with Crippen LogP contribution < -0.4 is 10.1 Å². The molecule has 9 heteroatoms. The number of benzene rings is 1. The first kappa shape index (κ1) is 22.9. The van der Waals surface area contributed by atoms with Gasteiger partial charge in [0, 0.05) is 37.3 Å². The average molecular weight is 476 g/mol. The fourth-order valence-electron chi connectivity index (χ4n) is 4.18. The topological polar surface area (TPSA) is 82.6 Å². The van der Waals surface area contributed by atoms with E-state index >= 15 is 0 Å². The predicted molar refractivity (Wildman–Crippen MR) is 125 cm³/mol. The number of hydrogen-bond donors (Lipinski definition) is 1. The maximum absolute atomic E-state index is 13.3. The SMILES string of the molecule is COCc1nc(OC)c2c(C)c(C(=O)NCC3(c4cccc(Cl)c4)CCOCC3)sc2n1. The third-order valence-corrected chi connectivity index (χ3v) is 7.37. The second kappa shape index (κ2) is 9.70. The van der Waals surface area contributed by atoms with E-state index in [9.17, 15) is 4.79 Å². The summed E-state index contributed by atoms with van der Waals surface area (Å²) in [7, 11) is 3.15. The lowest BCUT2D eigenvalue weighted by atomic mass is 9.74. The Morgan fingerprint density at radius 2 is 2.06 bits per heavy atom. The van der Waals surface area contributed by atoms with Crippen LogP contribution in [0.4, 0.5) is 0 Å². The van der Waals surface area contributed by atoms with Gasteiger partial charge in [0.2, 0.25) is 5.88 Å². The summed E-state index contributed by atoms with van der Waals surface area (Å²) in [6.07, 6.45) is 1.64. The summed E-state index contributed by atoms with van der Waals surface area (Å²) in [5.41, 5.74) is 1.72. The second-order valence-corrected chi connectivity index (χ2v) is 9.34. The Morgan fingerprint density at radius 3 is 2.75 bits per heavy atom. The van der Waals surface area contributed by atoms with E-state index < -0.39 is 0 Å². The molecule has 0 spiro atoms. The van der Waals surface area contributed by atoms with Gasteiger partial charge in [-0.15, -0.1) is 11.3 Å². The number of fused-ring (bicyclic) bond motifs is 1. The Labute approximate surface area is 196 Å². The molecule has 3 heterocycles. The molecular formula is C23H26ClN3O4S. The maximum atomic E-state index is 13.3. The van der Waals surface area contributed by atoms with E-state index in [0.717, 1.165) is 29.4 Å². The van der Waals surface area contributed by atoms with Crippen molar-refractivity contribution in [2.45, 2.75) is 31.8 Å². The molecule has 1 saturated heterocycles. The van der Waals surface area contributed by atoms with Crippen molar-refractivity contribution in [1.82, 2.24) is 15.3 Å². The van der Waals surface area contributed by atoms with Gasteiger partial charge in [0.05, 0.1) is 17.4 Å². The minimum atomic E-state index is -0.216. The molecule has 1 aromatic carbocycles. The lowest BCUT2D eigenvalue weighted by Gasteiger charge is -2.38. The molecule has 7 nitrogen and oxygen atoms in total. The normalized spacial score (nSPS) is 15.6. The third kappa shape index (κ3) is 4.45. The van der Waals surface area contributed by atoms with Crippen molar-refractivity contribution >= 4 is 39.1 Å². The Bertz CT molecular complexity index is 1130. The van der Waals surface area contributed by atoms with Crippen molar-refractivity contribution in [3.05, 3.63) is 51.1 Å². The van der Waals surface area contributed by atoms with Gasteiger partial charge < -0.3 is 19.5 Å². The molecule has 1 fully saturated rings. The average Bonchev–Trinajstić information content (AvgIpc) is 3.14. The lowest BCUT2D eigenvalue weighted by Crippen LogP contribution is -2.44. The van der Waals surface area contributed by atoms with Gasteiger partial charge in [-0.1, -0.05) is 23.7 Å². The minimum absolute atomic E-state index is 0.131. The number of nitrogens with one attached hydrogen (secondary N) is 1. The van der Waals surface area contributed by atoms with Gasteiger partial charge in [0.15, 0.2) is 5.82 Å². The van der Waals surface area contributed by atoms with Crippen molar-refractivity contribution in [1.29, 1.82) is 0 Å². The summed E-state index contributed by atoms with van der Waals surface area (Å²) >= 11 is 7.60. The molecule has 3 aromatic rings. The molecule has 0 saturated carbocycles. The molecule has 170 valence electrons. The summed E-state index contributed by atoms with van der Waals surface area (Å²) in [6, 6.07) is 7.88. The standard InChI is InChI=1S/C23H26ClN3O4S/c1-14-18-21(30-3)26-17(12-29-2)27-22(18)32-19(14)20(28)25-13-23(7-9-31-10-8-23)15-5-4-6-16(24)11-15/h4-6,11H,7-10,12-13H2,1-3H3,(H,25,28). The highest BCUT2D eigenvalue weighted by Gasteiger charge is 2.35. The largest absolute Gasteiger partial charge is 0.480 e. The van der Waals surface area contributed by atoms with Gasteiger partial charge in [0.1, 0.15) is 11.4 Å². The van der Waals surface area contributed by atoms with Crippen LogP contribution in [0.5, 0.6) is 5.88 Å². The van der Waals surface area contributed by atoms with E-state index in [2.05, 4.69) is 21.4 Å². The summed E-state index contributed by atoms with van der Waals surface area (Å²) in [4.78, 5) is 23.5. The fraction of sp³-hybridized carbons (Fsp3) is 0.435. The number of amides is 1. The van der Waals surface area contributed by atoms with Crippen molar-refractivity contribution in [2.24, 2.45) is 0 Å². The Morgan fingerprint density at radius 1 is 1.28 bits per heavy atom. The quantitative estimate of drug-likeness (QED) is 0.549. The number of nitrogens with zero attached hydrogens (tertiary/aromatic N) is 2. The van der Waals surface area contributed by atoms with Crippen LogP contribution in [0.25, 0.3) is 10.2 Å². The summed E-state index contributed by atoms with van der Waals surface area (Å²) < 4.78 is 16.2. The fourth-order valence-corrected chi connectivity index (χ4v) is 5.48. The molecule has 0 aliphatic carbocycles. The van der Waals surface area contributed by atoms with E-state index in [0.29, 0.717) is 46.2 Å². The van der Waals surface area contributed by atoms with Gasteiger partial charge in [-0.25, -0.2) is 4.98 Å². The molecule has 0 unspecified atom stereocenters. The van der Waals surface area contributed by atoms with Gasteiger partial charge in [-0.3, -0.25) is 4.79 Å². The number of aryl methyl sites for hydroxylation is 1. The van der Waals surface area contributed by atoms with Crippen molar-refractivity contribution in [3.8, 4) is 5.88 Å². The molecule has 32 heavy (non-hydrogen) atoms. The highest BCUT2D eigenvalue weighted by Crippen LogP contribution is 2.37. The number of thiophene rings is 1. The van der Waals surface area contributed by atoms with E-state index in [1.165, 1.54) is 11.3 Å². The number of ether oxygens (including phenoxy) is 3. The van der Waals surface area contributed by atoms with Crippen LogP contribution in [0.15, 0.2) is 24.3 Å². The number of aromatic nitrogens is 2. The molecule has 2 aromatic heterocycles. The Hall–Kier alpha value is -2.26. The van der Waals surface area contributed by atoms with Gasteiger partial charge in [0.25, 0.3) is 5.91 Å². The van der Waals surface area contributed by atoms with Crippen molar-refractivity contribution in [2.75, 3.05) is 34.0 Å². The Balaban J connectivity index is 1.62. The van der Waals surface area contributed by atoms with Gasteiger partial charge in [-0.2, -0.15) is 4.98 Å². The van der Waals surface area contributed by atoms with Crippen LogP contribution in [0.3, 0.4) is 0 Å². The monoisotopic (exact) mass is 475 g/mol. The first-order chi connectivity index (χ1) is 15.5. The smallest absolute Gasteiger partial charge is 0.261 e. The third-order valence-electron chi connectivity index (χ3n) is 5.95. The predicted octanol–water partition coefficient (Wildman–Crippen LogP) is 4.29. The molecule has 1 aliphatic rings. The zero-order valence-electron chi connectivity index (χ0n) is 18.4. The van der Waals surface area contributed by atoms with E-state index in [-0.39, 0.29) is 17.9 Å². The van der Waals surface area contributed by atoms with Gasteiger partial charge in [-0.05, 0) is 43.0 Å². The summed E-state index contributed by atoms with van der Waals surface area (Å²) in [5.74, 6) is 0.843. The molecule has 0 atom stereocenters. The van der Waals surface area contributed by atoms with E-state index in [1.807, 2.05) is 25.1 Å². The molecule has 1 amide bonds. The molecule has 1 aliphatic heterocycles. The molecule has 0 bridgehead atoms.